The molecule has 0 bridgehead atoms. The molecule has 6 nitrogen and oxygen atoms in total. The minimum Gasteiger partial charge on any atom is -0.670 e. The normalized spacial score (nSPS) is 12.6. The molecule has 0 rings (SSSR count). The van der Waals surface area contributed by atoms with Crippen molar-refractivity contribution in [3.05, 3.63) is 11.5 Å². The van der Waals surface area contributed by atoms with E-state index in [1.807, 2.05) is 0 Å². The van der Waals surface area contributed by atoms with Crippen molar-refractivity contribution in [3.8, 4) is 0 Å². The quantitative estimate of drug-likeness (QED) is 0.529. The van der Waals surface area contributed by atoms with E-state index < -0.39 is 24.0 Å². The van der Waals surface area contributed by atoms with E-state index in [2.05, 4.69) is 0 Å². The van der Waals surface area contributed by atoms with Crippen molar-refractivity contribution in [2.45, 2.75) is 25.9 Å². The van der Waals surface area contributed by atoms with Gasteiger partial charge in [0.05, 0.1) is 0 Å². The third-order valence-corrected chi connectivity index (χ3v) is 0.707. The number of nitrogens with one attached hydrogen (secondary N) is 2. The minimum atomic E-state index is -1.32. The Balaban J connectivity index is -0.000000143. The van der Waals surface area contributed by atoms with E-state index in [-0.39, 0.29) is 16.5 Å². The topological polar surface area (TPSA) is 128 Å². The molecule has 0 radical (unpaired) electrons. The summed E-state index contributed by atoms with van der Waals surface area (Å²) in [5.74, 6) is -2.65. The van der Waals surface area contributed by atoms with Crippen molar-refractivity contribution in [2.75, 3.05) is 0 Å². The first kappa shape index (κ1) is 18.2. The second kappa shape index (κ2) is 9.44. The summed E-state index contributed by atoms with van der Waals surface area (Å²) in [6.45, 7) is 2.49. The van der Waals surface area contributed by atoms with Crippen LogP contribution in [0.25, 0.3) is 11.5 Å². The Hall–Kier alpha value is -0.646. The zero-order chi connectivity index (χ0) is 10.3. The molecule has 0 spiro atoms. The number of aliphatic carboxylic acids is 2. The van der Waals surface area contributed by atoms with Crippen LogP contribution in [-0.4, -0.2) is 24.0 Å². The van der Waals surface area contributed by atoms with Gasteiger partial charge in [-0.2, -0.15) is 0 Å². The van der Waals surface area contributed by atoms with Crippen LogP contribution in [0.3, 0.4) is 0 Å². The van der Waals surface area contributed by atoms with Crippen LogP contribution in [-0.2, 0) is 26.1 Å². The molecule has 0 aromatic rings. The number of carbonyl (C=O) groups is 2. The standard InChI is InChI=1S/2C3H6NO2.Ni/c2*1-2(4)3(5)6;/h2*2,4H,1H3,(H,5,6);/q2*-1;+2/p-2. The molecule has 0 aliphatic rings. The average Bonchev–Trinajstić information content (AvgIpc) is 1.88. The second-order valence-electron chi connectivity index (χ2n) is 2.08. The maximum atomic E-state index is 9.40. The number of hydrogen-bond acceptors (Lipinski definition) is 4. The van der Waals surface area contributed by atoms with E-state index >= 15 is 0 Å². The molecule has 7 heteroatoms. The van der Waals surface area contributed by atoms with Gasteiger partial charge in [0, 0.05) is 11.9 Å². The zero-order valence-corrected chi connectivity index (χ0v) is 8.09. The first-order chi connectivity index (χ1) is 5.29. The molecule has 0 aliphatic carbocycles. The van der Waals surface area contributed by atoms with E-state index in [0.717, 1.165) is 0 Å². The summed E-state index contributed by atoms with van der Waals surface area (Å²) < 4.78 is 0. The fourth-order valence-electron chi connectivity index (χ4n) is 0. The molecule has 0 aromatic heterocycles. The van der Waals surface area contributed by atoms with Gasteiger partial charge >= 0.3 is 16.5 Å². The predicted molar refractivity (Wildman–Crippen MR) is 37.6 cm³/mol. The maximum Gasteiger partial charge on any atom is 2.00 e. The largest absolute Gasteiger partial charge is 2.00 e. The van der Waals surface area contributed by atoms with Crippen molar-refractivity contribution in [3.63, 3.8) is 0 Å². The fraction of sp³-hybridized carbons (Fsp3) is 0.667. The van der Waals surface area contributed by atoms with Crippen LogP contribution in [0.1, 0.15) is 13.8 Å². The van der Waals surface area contributed by atoms with E-state index in [0.29, 0.717) is 0 Å². The Bertz CT molecular complexity index is 143. The summed E-state index contributed by atoms with van der Waals surface area (Å²) in [6.07, 6.45) is 0. The Morgan fingerprint density at radius 3 is 1.08 bits per heavy atom. The van der Waals surface area contributed by atoms with Gasteiger partial charge in [-0.3, -0.25) is 0 Å². The maximum absolute atomic E-state index is 9.40. The molecule has 2 atom stereocenters. The minimum absolute atomic E-state index is 0. The van der Waals surface area contributed by atoms with Crippen LogP contribution >= 0.6 is 0 Å². The van der Waals surface area contributed by atoms with Crippen molar-refractivity contribution in [2.24, 2.45) is 0 Å². The van der Waals surface area contributed by atoms with Crippen molar-refractivity contribution in [1.82, 2.24) is 0 Å². The molecule has 0 amide bonds. The monoisotopic (exact) mass is 232 g/mol. The van der Waals surface area contributed by atoms with Gasteiger partial charge in [0.1, 0.15) is 0 Å². The molecule has 0 aliphatic heterocycles. The van der Waals surface area contributed by atoms with E-state index in [4.69, 9.17) is 11.5 Å². The molecule has 0 saturated carbocycles. The van der Waals surface area contributed by atoms with Crippen LogP contribution in [0.15, 0.2) is 0 Å². The third kappa shape index (κ3) is 18.4. The predicted octanol–water partition coefficient (Wildman–Crippen LogP) is -1.65. The van der Waals surface area contributed by atoms with Crippen LogP contribution in [0.2, 0.25) is 0 Å². The van der Waals surface area contributed by atoms with E-state index in [1.165, 1.54) is 13.8 Å². The zero-order valence-electron chi connectivity index (χ0n) is 7.10. The molecular formula is C6H10N2NiO4-2. The van der Waals surface area contributed by atoms with Crippen LogP contribution in [0.4, 0.5) is 0 Å². The fourth-order valence-corrected chi connectivity index (χ4v) is 0. The number of carboxylic acids is 2. The molecule has 80 valence electrons. The molecule has 0 fully saturated rings. The summed E-state index contributed by atoms with van der Waals surface area (Å²) >= 11 is 0. The first-order valence-corrected chi connectivity index (χ1v) is 3.13. The van der Waals surface area contributed by atoms with E-state index in [1.54, 1.807) is 0 Å². The first-order valence-electron chi connectivity index (χ1n) is 3.13. The van der Waals surface area contributed by atoms with E-state index in [9.17, 15) is 19.8 Å². The molecule has 0 saturated heterocycles. The van der Waals surface area contributed by atoms with Gasteiger partial charge in [-0.05, 0) is 0 Å². The van der Waals surface area contributed by atoms with Gasteiger partial charge in [-0.25, -0.2) is 0 Å². The molecule has 2 unspecified atom stereocenters. The second-order valence-corrected chi connectivity index (χ2v) is 2.08. The van der Waals surface area contributed by atoms with Gasteiger partial charge in [-0.15, -0.1) is 12.1 Å². The Morgan fingerprint density at radius 2 is 1.08 bits per heavy atom. The van der Waals surface area contributed by atoms with Crippen LogP contribution < -0.4 is 10.2 Å². The number of rotatable bonds is 2. The molecule has 0 aromatic carbocycles. The molecule has 0 heterocycles. The Labute approximate surface area is 86.2 Å². The SMILES string of the molecule is CC([NH-])C(=O)[O-].CC([NH-])C(=O)[O-].[Ni+2]. The summed E-state index contributed by atoms with van der Waals surface area (Å²) in [7, 11) is 0. The summed E-state index contributed by atoms with van der Waals surface area (Å²) in [6, 6.07) is -2.19. The molecular weight excluding hydrogens is 223 g/mol. The van der Waals surface area contributed by atoms with Crippen molar-refractivity contribution in [1.29, 1.82) is 0 Å². The molecule has 13 heavy (non-hydrogen) atoms. The van der Waals surface area contributed by atoms with Gasteiger partial charge in [-0.1, -0.05) is 13.8 Å². The average molecular weight is 233 g/mol. The van der Waals surface area contributed by atoms with Crippen molar-refractivity contribution >= 4 is 11.9 Å². The number of carbonyl (C=O) groups excluding carboxylic acids is 2. The summed E-state index contributed by atoms with van der Waals surface area (Å²) in [4.78, 5) is 18.8. The van der Waals surface area contributed by atoms with Gasteiger partial charge < -0.3 is 31.3 Å². The summed E-state index contributed by atoms with van der Waals surface area (Å²) in [5, 5.41) is 18.8. The van der Waals surface area contributed by atoms with Crippen molar-refractivity contribution < 1.29 is 36.3 Å². The van der Waals surface area contributed by atoms with Crippen LogP contribution in [0.5, 0.6) is 0 Å². The third-order valence-electron chi connectivity index (χ3n) is 0.707. The number of hydrogen-bond donors (Lipinski definition) is 0. The Morgan fingerprint density at radius 1 is 1.00 bits per heavy atom. The summed E-state index contributed by atoms with van der Waals surface area (Å²) in [5.41, 5.74) is 12.7. The van der Waals surface area contributed by atoms with Gasteiger partial charge in [0.2, 0.25) is 0 Å². The van der Waals surface area contributed by atoms with Gasteiger partial charge in [0.25, 0.3) is 0 Å². The van der Waals surface area contributed by atoms with Crippen LogP contribution in [0, 0.1) is 0 Å². The number of carboxylic acid groups (broad SMARTS) is 2. The smallest absolute Gasteiger partial charge is 0.670 e. The molecule has 2 N–H and O–H groups in total. The van der Waals surface area contributed by atoms with Gasteiger partial charge in [0.15, 0.2) is 0 Å². The Kier molecular flexibility index (Phi) is 13.2.